The maximum Gasteiger partial charge on any atom is 0.330 e. The predicted molar refractivity (Wildman–Crippen MR) is 55.6 cm³/mol. The molecule has 0 bridgehead atoms. The van der Waals surface area contributed by atoms with E-state index in [0.717, 1.165) is 38.9 Å². The molecule has 2 heterocycles. The maximum atomic E-state index is 8.80. The summed E-state index contributed by atoms with van der Waals surface area (Å²) in [5, 5.41) is 13.0. The van der Waals surface area contributed by atoms with Gasteiger partial charge in [-0.2, -0.15) is 5.10 Å². The summed E-state index contributed by atoms with van der Waals surface area (Å²) in [5.41, 5.74) is 0.781. The molecule has 1 fully saturated rings. The molecule has 4 nitrogen and oxygen atoms in total. The molecule has 0 atom stereocenters. The van der Waals surface area contributed by atoms with Crippen molar-refractivity contribution < 1.29 is 5.02 Å². The van der Waals surface area contributed by atoms with E-state index in [1.807, 2.05) is 10.9 Å². The van der Waals surface area contributed by atoms with Crippen LogP contribution in [0, 0.1) is 0 Å². The second-order valence-corrected chi connectivity index (χ2v) is 3.92. The quantitative estimate of drug-likeness (QED) is 0.635. The minimum atomic E-state index is 0.500. The summed E-state index contributed by atoms with van der Waals surface area (Å²) in [4.78, 5) is 2.33. The standard InChI is InChI=1S/C9H15BN3O/c1-12-4-2-9(3-5-12)13-7-8(10-14)6-11-13/h6-7,9,14H,2-5H2,1H3. The van der Waals surface area contributed by atoms with Crippen LogP contribution in [0.5, 0.6) is 0 Å². The normalized spacial score (nSPS) is 19.9. The van der Waals surface area contributed by atoms with Gasteiger partial charge in [0.15, 0.2) is 0 Å². The van der Waals surface area contributed by atoms with Gasteiger partial charge in [0.25, 0.3) is 0 Å². The molecule has 5 heteroatoms. The molecule has 2 rings (SSSR count). The molecule has 1 aromatic rings. The van der Waals surface area contributed by atoms with Crippen molar-refractivity contribution in [3.05, 3.63) is 12.4 Å². The van der Waals surface area contributed by atoms with Gasteiger partial charge >= 0.3 is 7.48 Å². The van der Waals surface area contributed by atoms with Crippen LogP contribution in [0.2, 0.25) is 0 Å². The number of nitrogens with zero attached hydrogens (tertiary/aromatic N) is 3. The third-order valence-electron chi connectivity index (χ3n) is 2.83. The van der Waals surface area contributed by atoms with Crippen molar-refractivity contribution in [1.82, 2.24) is 14.7 Å². The lowest BCUT2D eigenvalue weighted by molar-refractivity contribution is 0.212. The molecule has 0 aromatic carbocycles. The minimum Gasteiger partial charge on any atom is -0.450 e. The number of aromatic nitrogens is 2. The van der Waals surface area contributed by atoms with Gasteiger partial charge in [-0.1, -0.05) is 0 Å². The summed E-state index contributed by atoms with van der Waals surface area (Å²) in [7, 11) is 3.24. The SMILES string of the molecule is CN1CCC(n2cc([B]O)cn2)CC1. The van der Waals surface area contributed by atoms with Gasteiger partial charge in [0, 0.05) is 12.4 Å². The van der Waals surface area contributed by atoms with Crippen LogP contribution in [0.25, 0.3) is 0 Å². The average Bonchev–Trinajstić information content (AvgIpc) is 2.67. The van der Waals surface area contributed by atoms with E-state index in [2.05, 4.69) is 17.0 Å². The van der Waals surface area contributed by atoms with Crippen molar-refractivity contribution in [1.29, 1.82) is 0 Å². The molecule has 1 radical (unpaired) electrons. The molecule has 1 saturated heterocycles. The van der Waals surface area contributed by atoms with E-state index in [0.29, 0.717) is 6.04 Å². The average molecular weight is 192 g/mol. The maximum absolute atomic E-state index is 8.80. The highest BCUT2D eigenvalue weighted by Gasteiger charge is 2.18. The highest BCUT2D eigenvalue weighted by Crippen LogP contribution is 2.19. The lowest BCUT2D eigenvalue weighted by Crippen LogP contribution is -2.31. The number of hydrogen-bond donors (Lipinski definition) is 1. The van der Waals surface area contributed by atoms with Gasteiger partial charge in [-0.3, -0.25) is 4.68 Å². The number of piperidine rings is 1. The van der Waals surface area contributed by atoms with Gasteiger partial charge in [0.05, 0.1) is 6.04 Å². The Labute approximate surface area is 84.8 Å². The van der Waals surface area contributed by atoms with Crippen LogP contribution in [0.1, 0.15) is 18.9 Å². The summed E-state index contributed by atoms with van der Waals surface area (Å²) in [5.74, 6) is 0. The number of hydrogen-bond acceptors (Lipinski definition) is 3. The van der Waals surface area contributed by atoms with Crippen LogP contribution in [0.15, 0.2) is 12.4 Å². The first-order valence-corrected chi connectivity index (χ1v) is 4.99. The van der Waals surface area contributed by atoms with Crippen molar-refractivity contribution in [2.24, 2.45) is 0 Å². The summed E-state index contributed by atoms with van der Waals surface area (Å²) in [6.45, 7) is 2.26. The zero-order chi connectivity index (χ0) is 9.97. The first kappa shape index (κ1) is 9.74. The number of likely N-dealkylation sites (tertiary alicyclic amines) is 1. The molecule has 75 valence electrons. The highest BCUT2D eigenvalue weighted by atomic mass is 16.2. The monoisotopic (exact) mass is 192 g/mol. The van der Waals surface area contributed by atoms with Crippen LogP contribution < -0.4 is 5.46 Å². The van der Waals surface area contributed by atoms with Crippen LogP contribution in [-0.2, 0) is 0 Å². The molecule has 0 unspecified atom stereocenters. The summed E-state index contributed by atoms with van der Waals surface area (Å²) < 4.78 is 1.97. The molecule has 0 aliphatic carbocycles. The molecule has 1 aromatic heterocycles. The first-order valence-electron chi connectivity index (χ1n) is 4.99. The predicted octanol–water partition coefficient (Wildman–Crippen LogP) is -0.613. The van der Waals surface area contributed by atoms with Gasteiger partial charge in [-0.15, -0.1) is 0 Å². The van der Waals surface area contributed by atoms with E-state index >= 15 is 0 Å². The topological polar surface area (TPSA) is 41.3 Å². The zero-order valence-corrected chi connectivity index (χ0v) is 8.43. The van der Waals surface area contributed by atoms with Crippen molar-refractivity contribution in [3.63, 3.8) is 0 Å². The Morgan fingerprint density at radius 2 is 2.21 bits per heavy atom. The van der Waals surface area contributed by atoms with Crippen LogP contribution in [-0.4, -0.2) is 47.3 Å². The fourth-order valence-corrected chi connectivity index (χ4v) is 1.88. The summed E-state index contributed by atoms with van der Waals surface area (Å²) in [6, 6.07) is 0.500. The third-order valence-corrected chi connectivity index (χ3v) is 2.83. The van der Waals surface area contributed by atoms with Gasteiger partial charge < -0.3 is 9.92 Å². The molecular formula is C9H15BN3O. The first-order chi connectivity index (χ1) is 6.79. The lowest BCUT2D eigenvalue weighted by Gasteiger charge is -2.28. The molecule has 0 saturated carbocycles. The Balaban J connectivity index is 2.01. The molecule has 0 amide bonds. The van der Waals surface area contributed by atoms with Crippen molar-refractivity contribution in [2.75, 3.05) is 20.1 Å². The summed E-state index contributed by atoms with van der Waals surface area (Å²) >= 11 is 0. The molecule has 1 N–H and O–H groups in total. The molecule has 0 spiro atoms. The Morgan fingerprint density at radius 3 is 2.79 bits per heavy atom. The van der Waals surface area contributed by atoms with Gasteiger partial charge in [-0.05, 0) is 38.4 Å². The molecule has 1 aliphatic heterocycles. The zero-order valence-electron chi connectivity index (χ0n) is 8.43. The molecule has 14 heavy (non-hydrogen) atoms. The van der Waals surface area contributed by atoms with Crippen molar-refractivity contribution in [3.8, 4) is 0 Å². The summed E-state index contributed by atoms with van der Waals surface area (Å²) in [6.07, 6.45) is 5.88. The van der Waals surface area contributed by atoms with Crippen LogP contribution >= 0.6 is 0 Å². The van der Waals surface area contributed by atoms with Gasteiger partial charge in [-0.25, -0.2) is 0 Å². The fourth-order valence-electron chi connectivity index (χ4n) is 1.88. The Hall–Kier alpha value is -0.805. The van der Waals surface area contributed by atoms with E-state index in [1.165, 1.54) is 0 Å². The largest absolute Gasteiger partial charge is 0.450 e. The van der Waals surface area contributed by atoms with Gasteiger partial charge in [0.1, 0.15) is 0 Å². The van der Waals surface area contributed by atoms with E-state index in [9.17, 15) is 0 Å². The van der Waals surface area contributed by atoms with E-state index in [4.69, 9.17) is 5.02 Å². The van der Waals surface area contributed by atoms with E-state index < -0.39 is 0 Å². The fraction of sp³-hybridized carbons (Fsp3) is 0.667. The minimum absolute atomic E-state index is 0.500. The second-order valence-electron chi connectivity index (χ2n) is 3.92. The Bertz CT molecular complexity index is 294. The van der Waals surface area contributed by atoms with E-state index in [1.54, 1.807) is 6.20 Å². The highest BCUT2D eigenvalue weighted by molar-refractivity contribution is 6.45. The van der Waals surface area contributed by atoms with Crippen molar-refractivity contribution >= 4 is 12.9 Å². The number of rotatable bonds is 2. The Morgan fingerprint density at radius 1 is 1.50 bits per heavy atom. The van der Waals surface area contributed by atoms with E-state index in [-0.39, 0.29) is 0 Å². The smallest absolute Gasteiger partial charge is 0.330 e. The Kier molecular flexibility index (Phi) is 2.89. The molecule has 1 aliphatic rings. The third kappa shape index (κ3) is 1.99. The van der Waals surface area contributed by atoms with Crippen molar-refractivity contribution in [2.45, 2.75) is 18.9 Å². The van der Waals surface area contributed by atoms with Gasteiger partial charge in [0.2, 0.25) is 0 Å². The molecular weight excluding hydrogens is 177 g/mol. The lowest BCUT2D eigenvalue weighted by atomic mass is 9.93. The van der Waals surface area contributed by atoms with Crippen LogP contribution in [0.3, 0.4) is 0 Å². The second kappa shape index (κ2) is 4.15. The van der Waals surface area contributed by atoms with Crippen LogP contribution in [0.4, 0.5) is 0 Å².